The lowest BCUT2D eigenvalue weighted by Crippen LogP contribution is -2.16. The van der Waals surface area contributed by atoms with Gasteiger partial charge in [-0.3, -0.25) is 9.13 Å². The van der Waals surface area contributed by atoms with E-state index < -0.39 is 0 Å². The molecule has 0 spiro atoms. The number of fused-ring (bicyclic) bond motifs is 8. The van der Waals surface area contributed by atoms with Crippen LogP contribution in [0.3, 0.4) is 0 Å². The maximum Gasteiger partial charge on any atom is 0.154 e. The fourth-order valence-electron chi connectivity index (χ4n) is 9.58. The largest absolute Gasteiger partial charge is 0.345 e. The van der Waals surface area contributed by atoms with Crippen LogP contribution in [0.4, 0.5) is 0 Å². The molecule has 0 unspecified atom stereocenters. The van der Waals surface area contributed by atoms with Gasteiger partial charge in [-0.25, -0.2) is 24.9 Å². The molecule has 8 nitrogen and oxygen atoms in total. The average molecular weight is 685 g/mol. The maximum atomic E-state index is 4.94. The molecule has 3 aromatic carbocycles. The molecule has 0 fully saturated rings. The zero-order chi connectivity index (χ0) is 34.6. The van der Waals surface area contributed by atoms with E-state index >= 15 is 0 Å². The molecule has 3 aliphatic carbocycles. The molecular formula is C45H32N8. The van der Waals surface area contributed by atoms with Crippen LogP contribution in [0, 0.1) is 0 Å². The van der Waals surface area contributed by atoms with Crippen LogP contribution in [0.1, 0.15) is 45.8 Å². The maximum absolute atomic E-state index is 4.94. The number of hydrogen-bond donors (Lipinski definition) is 1. The van der Waals surface area contributed by atoms with Crippen molar-refractivity contribution in [3.63, 3.8) is 0 Å². The summed E-state index contributed by atoms with van der Waals surface area (Å²) in [6, 6.07) is 26.1. The van der Waals surface area contributed by atoms with Crippen LogP contribution in [-0.4, -0.2) is 39.0 Å². The summed E-state index contributed by atoms with van der Waals surface area (Å²) in [7, 11) is 0. The van der Waals surface area contributed by atoms with Gasteiger partial charge in [0.05, 0.1) is 16.6 Å². The molecule has 0 aliphatic heterocycles. The second kappa shape index (κ2) is 10.9. The number of benzene rings is 3. The highest BCUT2D eigenvalue weighted by Gasteiger charge is 2.34. The average Bonchev–Trinajstić information content (AvgIpc) is 3.96. The molecule has 1 N–H and O–H groups in total. The number of aromatic amines is 1. The number of pyridine rings is 2. The van der Waals surface area contributed by atoms with Gasteiger partial charge >= 0.3 is 0 Å². The number of aryl methyl sites for hydroxylation is 4. The predicted molar refractivity (Wildman–Crippen MR) is 209 cm³/mol. The Balaban J connectivity index is 1.16. The van der Waals surface area contributed by atoms with Crippen molar-refractivity contribution in [2.45, 2.75) is 38.5 Å². The van der Waals surface area contributed by atoms with E-state index in [1.807, 2.05) is 55.4 Å². The SMILES string of the molecule is C1=C(c2ncccn2)CCc2c1c1cc3c4c(c1n2-c1ccccn1)CCc1c-4c(cc2c4cc(-c5ncc[nH]5)ccc4n(-c4ccccn4)c12)CC3. The molecule has 6 aromatic heterocycles. The Kier molecular flexibility index (Phi) is 5.97. The lowest BCUT2D eigenvalue weighted by Gasteiger charge is -2.31. The molecular weight excluding hydrogens is 653 g/mol. The summed E-state index contributed by atoms with van der Waals surface area (Å²) in [5, 5.41) is 3.83. The Bertz CT molecular complexity index is 2970. The summed E-state index contributed by atoms with van der Waals surface area (Å²) in [6.45, 7) is 0. The predicted octanol–water partition coefficient (Wildman–Crippen LogP) is 9.05. The quantitative estimate of drug-likeness (QED) is 0.200. The Morgan fingerprint density at radius 2 is 1.25 bits per heavy atom. The molecule has 6 heterocycles. The highest BCUT2D eigenvalue weighted by molar-refractivity contribution is 6.14. The van der Waals surface area contributed by atoms with Gasteiger partial charge in [0.25, 0.3) is 0 Å². The summed E-state index contributed by atoms with van der Waals surface area (Å²) < 4.78 is 4.87. The van der Waals surface area contributed by atoms with Gasteiger partial charge in [-0.2, -0.15) is 0 Å². The minimum Gasteiger partial charge on any atom is -0.345 e. The lowest BCUT2D eigenvalue weighted by atomic mass is 9.73. The van der Waals surface area contributed by atoms with Crippen molar-refractivity contribution < 1.29 is 0 Å². The number of aromatic nitrogens is 8. The van der Waals surface area contributed by atoms with E-state index in [0.29, 0.717) is 0 Å². The second-order valence-corrected chi connectivity index (χ2v) is 14.4. The summed E-state index contributed by atoms with van der Waals surface area (Å²) in [4.78, 5) is 27.0. The first-order chi connectivity index (χ1) is 26.3. The van der Waals surface area contributed by atoms with Crippen LogP contribution in [0.15, 0.2) is 110 Å². The van der Waals surface area contributed by atoms with E-state index in [1.54, 1.807) is 0 Å². The minimum atomic E-state index is 0.818. The number of allylic oxidation sites excluding steroid dienone is 1. The number of imidazole rings is 1. The zero-order valence-electron chi connectivity index (χ0n) is 28.8. The Labute approximate surface area is 304 Å². The second-order valence-electron chi connectivity index (χ2n) is 14.4. The zero-order valence-corrected chi connectivity index (χ0v) is 28.8. The molecule has 0 radical (unpaired) electrons. The smallest absolute Gasteiger partial charge is 0.154 e. The van der Waals surface area contributed by atoms with Crippen molar-refractivity contribution in [3.05, 3.63) is 149 Å². The van der Waals surface area contributed by atoms with Crippen LogP contribution >= 0.6 is 0 Å². The van der Waals surface area contributed by atoms with Crippen LogP contribution in [0.2, 0.25) is 0 Å². The van der Waals surface area contributed by atoms with Gasteiger partial charge in [0.2, 0.25) is 0 Å². The Hall–Kier alpha value is -6.67. The van der Waals surface area contributed by atoms with Crippen molar-refractivity contribution in [1.82, 2.24) is 39.0 Å². The van der Waals surface area contributed by atoms with E-state index in [-0.39, 0.29) is 0 Å². The van der Waals surface area contributed by atoms with Crippen LogP contribution in [0.5, 0.6) is 0 Å². The van der Waals surface area contributed by atoms with E-state index in [0.717, 1.165) is 72.9 Å². The monoisotopic (exact) mass is 684 g/mol. The van der Waals surface area contributed by atoms with Crippen molar-refractivity contribution in [2.75, 3.05) is 0 Å². The first-order valence-corrected chi connectivity index (χ1v) is 18.5. The highest BCUT2D eigenvalue weighted by Crippen LogP contribution is 2.51. The summed E-state index contributed by atoms with van der Waals surface area (Å²) in [6.07, 6.45) is 19.2. The molecule has 8 heteroatoms. The van der Waals surface area contributed by atoms with E-state index in [1.165, 1.54) is 77.4 Å². The molecule has 3 aliphatic rings. The minimum absolute atomic E-state index is 0.818. The summed E-state index contributed by atoms with van der Waals surface area (Å²) in [5.74, 6) is 3.61. The van der Waals surface area contributed by atoms with Gasteiger partial charge in [0, 0.05) is 70.2 Å². The topological polar surface area (TPSA) is 90.1 Å². The third-order valence-corrected chi connectivity index (χ3v) is 11.7. The molecule has 0 amide bonds. The summed E-state index contributed by atoms with van der Waals surface area (Å²) in [5.41, 5.74) is 17.2. The molecule has 53 heavy (non-hydrogen) atoms. The lowest BCUT2D eigenvalue weighted by molar-refractivity contribution is 0.856. The number of hydrogen-bond acceptors (Lipinski definition) is 5. The number of nitrogens with zero attached hydrogens (tertiary/aromatic N) is 7. The third kappa shape index (κ3) is 4.09. The Morgan fingerprint density at radius 3 is 1.94 bits per heavy atom. The highest BCUT2D eigenvalue weighted by atomic mass is 15.1. The Morgan fingerprint density at radius 1 is 0.547 bits per heavy atom. The van der Waals surface area contributed by atoms with Crippen molar-refractivity contribution >= 4 is 44.4 Å². The van der Waals surface area contributed by atoms with Crippen LogP contribution in [-0.2, 0) is 32.1 Å². The first-order valence-electron chi connectivity index (χ1n) is 18.5. The molecule has 12 rings (SSSR count). The fraction of sp³-hybridized carbons (Fsp3) is 0.133. The fourth-order valence-corrected chi connectivity index (χ4v) is 9.58. The molecule has 0 bridgehead atoms. The van der Waals surface area contributed by atoms with Crippen molar-refractivity contribution in [3.8, 4) is 34.2 Å². The standard InChI is InChI=1S/C45H32N8/c1-3-16-46-38(6-1)52-36-14-10-28(44-48-18-5-19-49-44)24-32(36)34-22-26-8-9-27-23-35-33-25-29(45-50-20-21-51-45)11-15-37(33)53(39-7-2-4-17-47-39)43(35)31-13-12-30(42(34)52)40(26)41(27)31/h1-7,11,15-25H,8-10,12-14H2,(H,50,51). The van der Waals surface area contributed by atoms with Gasteiger partial charge in [0.15, 0.2) is 5.82 Å². The summed E-state index contributed by atoms with van der Waals surface area (Å²) >= 11 is 0. The molecule has 252 valence electrons. The first kappa shape index (κ1) is 29.0. The molecule has 0 saturated heterocycles. The third-order valence-electron chi connectivity index (χ3n) is 11.7. The van der Waals surface area contributed by atoms with E-state index in [4.69, 9.17) is 9.97 Å². The van der Waals surface area contributed by atoms with E-state index in [2.05, 4.69) is 89.7 Å². The van der Waals surface area contributed by atoms with Gasteiger partial charge in [-0.1, -0.05) is 12.1 Å². The molecule has 9 aromatic rings. The van der Waals surface area contributed by atoms with Gasteiger partial charge in [-0.15, -0.1) is 0 Å². The van der Waals surface area contributed by atoms with Crippen LogP contribution in [0.25, 0.3) is 78.5 Å². The van der Waals surface area contributed by atoms with Gasteiger partial charge in [-0.05, 0) is 144 Å². The number of nitrogens with one attached hydrogen (secondary N) is 1. The van der Waals surface area contributed by atoms with Crippen LogP contribution < -0.4 is 0 Å². The number of rotatable bonds is 4. The normalized spacial score (nSPS) is 14.5. The van der Waals surface area contributed by atoms with Crippen molar-refractivity contribution in [1.29, 1.82) is 0 Å². The molecule has 0 atom stereocenters. The van der Waals surface area contributed by atoms with Crippen molar-refractivity contribution in [2.24, 2.45) is 0 Å². The van der Waals surface area contributed by atoms with Gasteiger partial charge < -0.3 is 4.98 Å². The number of H-pyrrole nitrogens is 1. The van der Waals surface area contributed by atoms with E-state index in [9.17, 15) is 0 Å². The van der Waals surface area contributed by atoms with Gasteiger partial charge in [0.1, 0.15) is 17.5 Å². The molecule has 0 saturated carbocycles.